The van der Waals surface area contributed by atoms with Crippen molar-refractivity contribution in [2.45, 2.75) is 13.8 Å². The van der Waals surface area contributed by atoms with E-state index in [0.717, 1.165) is 5.56 Å². The summed E-state index contributed by atoms with van der Waals surface area (Å²) in [6, 6.07) is 7.36. The number of benzene rings is 1. The lowest BCUT2D eigenvalue weighted by atomic mass is 10.1. The summed E-state index contributed by atoms with van der Waals surface area (Å²) in [6.07, 6.45) is 0. The monoisotopic (exact) mass is 346 g/mol. The van der Waals surface area contributed by atoms with Crippen molar-refractivity contribution < 1.29 is 19.0 Å². The molecule has 0 bridgehead atoms. The number of carbonyl (C=O) groups is 1. The van der Waals surface area contributed by atoms with Crippen LogP contribution in [0.3, 0.4) is 0 Å². The number of nitrogens with zero attached hydrogens (tertiary/aromatic N) is 2. The fourth-order valence-corrected chi connectivity index (χ4v) is 2.97. The first-order valence-corrected chi connectivity index (χ1v) is 8.23. The van der Waals surface area contributed by atoms with Gasteiger partial charge in [0.25, 0.3) is 0 Å². The highest BCUT2D eigenvalue weighted by atomic mass is 32.1. The molecule has 24 heavy (non-hydrogen) atoms. The van der Waals surface area contributed by atoms with E-state index in [1.54, 1.807) is 33.1 Å². The lowest BCUT2D eigenvalue weighted by Gasteiger charge is -2.08. The molecule has 0 aliphatic heterocycles. The average Bonchev–Trinajstić information content (AvgIpc) is 2.97. The minimum atomic E-state index is -0.376. The minimum Gasteiger partial charge on any atom is -0.490 e. The molecule has 6 nitrogen and oxygen atoms in total. The summed E-state index contributed by atoms with van der Waals surface area (Å²) < 4.78 is 15.5. The molecule has 0 unspecified atom stereocenters. The Bertz CT molecular complexity index is 764. The Balaban J connectivity index is 2.28. The minimum absolute atomic E-state index is 0.317. The fourth-order valence-electron chi connectivity index (χ4n) is 2.02. The van der Waals surface area contributed by atoms with Crippen molar-refractivity contribution in [3.63, 3.8) is 0 Å². The lowest BCUT2D eigenvalue weighted by Crippen LogP contribution is -2.05. The molecule has 126 valence electrons. The highest BCUT2D eigenvalue weighted by molar-refractivity contribution is 7.17. The summed E-state index contributed by atoms with van der Waals surface area (Å²) in [5.74, 6) is 0.121. The number of hydrogen-bond donors (Lipinski definition) is 0. The fraction of sp³-hybridized carbons (Fsp3) is 0.353. The normalized spacial score (nSPS) is 10.2. The van der Waals surface area contributed by atoms with Gasteiger partial charge < -0.3 is 14.2 Å². The summed E-state index contributed by atoms with van der Waals surface area (Å²) in [5.41, 5.74) is 1.79. The molecule has 0 aliphatic rings. The van der Waals surface area contributed by atoms with E-state index in [2.05, 4.69) is 11.1 Å². The Kier molecular flexibility index (Phi) is 6.29. The number of aromatic nitrogens is 1. The van der Waals surface area contributed by atoms with Crippen LogP contribution in [0.1, 0.15) is 27.9 Å². The van der Waals surface area contributed by atoms with Crippen molar-refractivity contribution in [2.24, 2.45) is 0 Å². The van der Waals surface area contributed by atoms with E-state index in [0.29, 0.717) is 46.7 Å². The smallest absolute Gasteiger partial charge is 0.350 e. The van der Waals surface area contributed by atoms with E-state index in [9.17, 15) is 10.1 Å². The van der Waals surface area contributed by atoms with Crippen LogP contribution in [0, 0.1) is 18.3 Å². The summed E-state index contributed by atoms with van der Waals surface area (Å²) in [5, 5.41) is 9.97. The molecule has 0 saturated carbocycles. The van der Waals surface area contributed by atoms with Crippen LogP contribution in [0.15, 0.2) is 18.2 Å². The first-order valence-electron chi connectivity index (χ1n) is 7.41. The zero-order chi connectivity index (χ0) is 17.5. The van der Waals surface area contributed by atoms with E-state index in [1.807, 2.05) is 6.07 Å². The molecule has 1 aromatic carbocycles. The van der Waals surface area contributed by atoms with Crippen molar-refractivity contribution in [2.75, 3.05) is 26.9 Å². The van der Waals surface area contributed by atoms with Crippen LogP contribution in [0.5, 0.6) is 5.75 Å². The van der Waals surface area contributed by atoms with Gasteiger partial charge >= 0.3 is 5.97 Å². The van der Waals surface area contributed by atoms with E-state index in [1.165, 1.54) is 11.3 Å². The summed E-state index contributed by atoms with van der Waals surface area (Å²) in [6.45, 7) is 4.66. The van der Waals surface area contributed by atoms with Gasteiger partial charge in [-0.05, 0) is 32.0 Å². The number of carbonyl (C=O) groups excluding carboxylic acids is 1. The third-order valence-corrected chi connectivity index (χ3v) is 4.34. The van der Waals surface area contributed by atoms with Gasteiger partial charge in [0, 0.05) is 12.7 Å². The predicted molar refractivity (Wildman–Crippen MR) is 90.3 cm³/mol. The van der Waals surface area contributed by atoms with Crippen molar-refractivity contribution in [1.82, 2.24) is 4.98 Å². The van der Waals surface area contributed by atoms with Gasteiger partial charge in [-0.15, -0.1) is 11.3 Å². The molecular weight excluding hydrogens is 328 g/mol. The SMILES string of the molecule is CCOC(=O)c1sc(-c2ccc(OCCOC)c(C#N)c2)nc1C. The molecule has 0 amide bonds. The first kappa shape index (κ1) is 17.9. The van der Waals surface area contributed by atoms with E-state index in [4.69, 9.17) is 14.2 Å². The molecule has 2 aromatic rings. The highest BCUT2D eigenvalue weighted by Gasteiger charge is 2.18. The van der Waals surface area contributed by atoms with Gasteiger partial charge in [0.2, 0.25) is 0 Å². The first-order chi connectivity index (χ1) is 11.6. The van der Waals surface area contributed by atoms with Gasteiger partial charge in [-0.25, -0.2) is 9.78 Å². The van der Waals surface area contributed by atoms with Crippen LogP contribution in [0.25, 0.3) is 10.6 Å². The molecule has 0 aliphatic carbocycles. The maximum Gasteiger partial charge on any atom is 0.350 e. The van der Waals surface area contributed by atoms with Crippen LogP contribution in [0.2, 0.25) is 0 Å². The number of ether oxygens (including phenoxy) is 3. The largest absolute Gasteiger partial charge is 0.490 e. The molecule has 2 rings (SSSR count). The number of aryl methyl sites for hydroxylation is 1. The Morgan fingerprint density at radius 2 is 2.17 bits per heavy atom. The molecule has 0 spiro atoms. The van der Waals surface area contributed by atoms with Crippen LogP contribution in [-0.4, -0.2) is 37.9 Å². The molecule has 0 N–H and O–H groups in total. The Labute approximate surface area is 144 Å². The zero-order valence-electron chi connectivity index (χ0n) is 13.8. The third-order valence-electron chi connectivity index (χ3n) is 3.15. The molecule has 1 aromatic heterocycles. The number of thiazole rings is 1. The molecule has 0 radical (unpaired) electrons. The maximum atomic E-state index is 11.9. The molecule has 0 saturated heterocycles. The molecule has 0 atom stereocenters. The molecule has 7 heteroatoms. The Morgan fingerprint density at radius 3 is 2.83 bits per heavy atom. The summed E-state index contributed by atoms with van der Waals surface area (Å²) in [4.78, 5) is 16.8. The Hall–Kier alpha value is -2.43. The van der Waals surface area contributed by atoms with Gasteiger partial charge in [0.1, 0.15) is 28.3 Å². The van der Waals surface area contributed by atoms with Gasteiger partial charge in [0.05, 0.1) is 24.5 Å². The number of rotatable bonds is 7. The van der Waals surface area contributed by atoms with Crippen LogP contribution < -0.4 is 4.74 Å². The summed E-state index contributed by atoms with van der Waals surface area (Å²) >= 11 is 1.25. The van der Waals surface area contributed by atoms with Crippen molar-refractivity contribution in [1.29, 1.82) is 5.26 Å². The molecular formula is C17H18N2O4S. The van der Waals surface area contributed by atoms with E-state index < -0.39 is 0 Å². The summed E-state index contributed by atoms with van der Waals surface area (Å²) in [7, 11) is 1.59. The highest BCUT2D eigenvalue weighted by Crippen LogP contribution is 2.31. The number of hydrogen-bond acceptors (Lipinski definition) is 7. The topological polar surface area (TPSA) is 81.4 Å². The van der Waals surface area contributed by atoms with Crippen molar-refractivity contribution >= 4 is 17.3 Å². The second kappa shape index (κ2) is 8.43. The Morgan fingerprint density at radius 1 is 1.38 bits per heavy atom. The number of esters is 1. The van der Waals surface area contributed by atoms with Gasteiger partial charge in [-0.1, -0.05) is 0 Å². The van der Waals surface area contributed by atoms with Gasteiger partial charge in [-0.2, -0.15) is 5.26 Å². The second-order valence-corrected chi connectivity index (χ2v) is 5.82. The quantitative estimate of drug-likeness (QED) is 0.566. The van der Waals surface area contributed by atoms with Crippen molar-refractivity contribution in [3.8, 4) is 22.4 Å². The molecule has 1 heterocycles. The average molecular weight is 346 g/mol. The zero-order valence-corrected chi connectivity index (χ0v) is 14.6. The van der Waals surface area contributed by atoms with Crippen LogP contribution in [-0.2, 0) is 9.47 Å². The van der Waals surface area contributed by atoms with Gasteiger partial charge in [0.15, 0.2) is 0 Å². The lowest BCUT2D eigenvalue weighted by molar-refractivity contribution is 0.0531. The number of methoxy groups -OCH3 is 1. The maximum absolute atomic E-state index is 11.9. The van der Waals surface area contributed by atoms with Crippen LogP contribution >= 0.6 is 11.3 Å². The van der Waals surface area contributed by atoms with Crippen molar-refractivity contribution in [3.05, 3.63) is 34.3 Å². The van der Waals surface area contributed by atoms with Gasteiger partial charge in [-0.3, -0.25) is 0 Å². The predicted octanol–water partition coefficient (Wildman–Crippen LogP) is 3.19. The second-order valence-electron chi connectivity index (χ2n) is 4.82. The third kappa shape index (κ3) is 4.10. The molecule has 0 fully saturated rings. The standard InChI is InChI=1S/C17H18N2O4S/c1-4-22-17(20)15-11(2)19-16(24-15)12-5-6-14(13(9-12)10-18)23-8-7-21-3/h5-6,9H,4,7-8H2,1-3H3. The van der Waals surface area contributed by atoms with Crippen LogP contribution in [0.4, 0.5) is 0 Å². The van der Waals surface area contributed by atoms with E-state index >= 15 is 0 Å². The number of nitriles is 1. The van der Waals surface area contributed by atoms with E-state index in [-0.39, 0.29) is 5.97 Å².